The molecule has 0 saturated carbocycles. The van der Waals surface area contributed by atoms with Gasteiger partial charge in [-0.25, -0.2) is 5.43 Å². The van der Waals surface area contributed by atoms with Crippen LogP contribution in [0.25, 0.3) is 0 Å². The van der Waals surface area contributed by atoms with Crippen LogP contribution in [-0.2, 0) is 16.2 Å². The minimum Gasteiger partial charge on any atom is -0.497 e. The van der Waals surface area contributed by atoms with Crippen LogP contribution in [0.3, 0.4) is 0 Å². The molecule has 0 bridgehead atoms. The molecule has 0 fully saturated rings. The molecule has 0 unspecified atom stereocenters. The van der Waals surface area contributed by atoms with Crippen molar-refractivity contribution >= 4 is 23.7 Å². The maximum absolute atomic E-state index is 12.0. The predicted molar refractivity (Wildman–Crippen MR) is 124 cm³/mol. The van der Waals surface area contributed by atoms with Crippen molar-refractivity contribution in [3.8, 4) is 11.5 Å². The molecular formula is C25H25N3O4. The Hall–Kier alpha value is -4.13. The molecule has 164 valence electrons. The second-order valence-corrected chi connectivity index (χ2v) is 6.88. The third-order valence-electron chi connectivity index (χ3n) is 4.50. The number of nitrogens with one attached hydrogen (secondary N) is 2. The number of rotatable bonds is 10. The number of para-hydroxylation sites is 1. The second kappa shape index (κ2) is 11.9. The van der Waals surface area contributed by atoms with Gasteiger partial charge in [0.15, 0.2) is 0 Å². The van der Waals surface area contributed by atoms with E-state index in [2.05, 4.69) is 15.8 Å². The van der Waals surface area contributed by atoms with E-state index < -0.39 is 0 Å². The molecule has 3 aromatic rings. The van der Waals surface area contributed by atoms with Crippen LogP contribution in [0.4, 0.5) is 5.69 Å². The fraction of sp³-hybridized carbons (Fsp3) is 0.160. The van der Waals surface area contributed by atoms with Crippen molar-refractivity contribution in [2.24, 2.45) is 5.10 Å². The number of amides is 2. The molecule has 32 heavy (non-hydrogen) atoms. The number of methoxy groups -OCH3 is 1. The molecule has 0 heterocycles. The van der Waals surface area contributed by atoms with Gasteiger partial charge in [-0.1, -0.05) is 42.5 Å². The number of benzene rings is 3. The highest BCUT2D eigenvalue weighted by Gasteiger charge is 2.07. The van der Waals surface area contributed by atoms with Gasteiger partial charge in [0.1, 0.15) is 18.1 Å². The smallest absolute Gasteiger partial charge is 0.240 e. The Morgan fingerprint density at radius 2 is 1.56 bits per heavy atom. The lowest BCUT2D eigenvalue weighted by Gasteiger charge is -2.09. The lowest BCUT2D eigenvalue weighted by Crippen LogP contribution is -2.20. The highest BCUT2D eigenvalue weighted by Crippen LogP contribution is 2.18. The van der Waals surface area contributed by atoms with E-state index in [1.807, 2.05) is 54.6 Å². The topological polar surface area (TPSA) is 89.0 Å². The standard InChI is InChI=1S/C25H25N3O4/c1-31-22-13-11-21(12-14-22)27-24(29)15-16-25(30)28-26-17-20-9-5-6-10-23(20)32-18-19-7-3-2-4-8-19/h2-14,17H,15-16,18H2,1H3,(H,27,29)(H,28,30). The Kier molecular flexibility index (Phi) is 8.39. The molecule has 0 radical (unpaired) electrons. The predicted octanol–water partition coefficient (Wildman–Crippen LogP) is 4.14. The van der Waals surface area contributed by atoms with E-state index in [0.717, 1.165) is 11.1 Å². The Labute approximate surface area is 187 Å². The number of carbonyl (C=O) groups excluding carboxylic acids is 2. The van der Waals surface area contributed by atoms with E-state index in [-0.39, 0.29) is 24.7 Å². The third kappa shape index (κ3) is 7.28. The molecule has 7 nitrogen and oxygen atoms in total. The lowest BCUT2D eigenvalue weighted by molar-refractivity contribution is -0.124. The van der Waals surface area contributed by atoms with E-state index >= 15 is 0 Å². The Balaban J connectivity index is 1.44. The summed E-state index contributed by atoms with van der Waals surface area (Å²) in [6.07, 6.45) is 1.59. The van der Waals surface area contributed by atoms with Gasteiger partial charge >= 0.3 is 0 Å². The monoisotopic (exact) mass is 431 g/mol. The summed E-state index contributed by atoms with van der Waals surface area (Å²) in [5.41, 5.74) is 4.88. The van der Waals surface area contributed by atoms with Gasteiger partial charge in [-0.3, -0.25) is 9.59 Å². The minimum atomic E-state index is -0.353. The van der Waals surface area contributed by atoms with Gasteiger partial charge in [-0.15, -0.1) is 0 Å². The van der Waals surface area contributed by atoms with Crippen molar-refractivity contribution in [3.05, 3.63) is 90.0 Å². The fourth-order valence-electron chi connectivity index (χ4n) is 2.81. The molecule has 0 aromatic heterocycles. The van der Waals surface area contributed by atoms with E-state index in [1.165, 1.54) is 6.21 Å². The molecule has 0 aliphatic carbocycles. The minimum absolute atomic E-state index is 0.0193. The second-order valence-electron chi connectivity index (χ2n) is 6.88. The van der Waals surface area contributed by atoms with Crippen LogP contribution in [0.2, 0.25) is 0 Å². The molecule has 0 aliphatic heterocycles. The normalized spacial score (nSPS) is 10.5. The first-order chi connectivity index (χ1) is 15.6. The highest BCUT2D eigenvalue weighted by atomic mass is 16.5. The molecule has 0 aliphatic rings. The van der Waals surface area contributed by atoms with Gasteiger partial charge in [0.25, 0.3) is 0 Å². The molecule has 2 amide bonds. The van der Waals surface area contributed by atoms with Gasteiger partial charge in [-0.2, -0.15) is 5.10 Å². The van der Waals surface area contributed by atoms with Crippen LogP contribution < -0.4 is 20.2 Å². The zero-order valence-electron chi connectivity index (χ0n) is 17.8. The quantitative estimate of drug-likeness (QED) is 0.373. The molecule has 0 spiro atoms. The Morgan fingerprint density at radius 1 is 0.875 bits per heavy atom. The molecule has 3 aromatic carbocycles. The summed E-state index contributed by atoms with van der Waals surface area (Å²) in [7, 11) is 1.57. The van der Waals surface area contributed by atoms with Crippen LogP contribution >= 0.6 is 0 Å². The Morgan fingerprint density at radius 3 is 2.31 bits per heavy atom. The molecule has 0 atom stereocenters. The first-order valence-electron chi connectivity index (χ1n) is 10.2. The molecular weight excluding hydrogens is 406 g/mol. The molecule has 3 rings (SSSR count). The van der Waals surface area contributed by atoms with E-state index in [0.29, 0.717) is 23.8 Å². The number of carbonyl (C=O) groups is 2. The van der Waals surface area contributed by atoms with Gasteiger partial charge in [0, 0.05) is 24.1 Å². The van der Waals surface area contributed by atoms with Gasteiger partial charge in [0.2, 0.25) is 11.8 Å². The maximum atomic E-state index is 12.0. The zero-order valence-corrected chi connectivity index (χ0v) is 17.8. The number of hydrazone groups is 1. The number of ether oxygens (including phenoxy) is 2. The largest absolute Gasteiger partial charge is 0.497 e. The SMILES string of the molecule is COc1ccc(NC(=O)CCC(=O)NN=Cc2ccccc2OCc2ccccc2)cc1. The summed E-state index contributed by atoms with van der Waals surface area (Å²) in [4.78, 5) is 24.0. The van der Waals surface area contributed by atoms with E-state index in [1.54, 1.807) is 31.4 Å². The van der Waals surface area contributed by atoms with E-state index in [9.17, 15) is 9.59 Å². The summed E-state index contributed by atoms with van der Waals surface area (Å²) in [6, 6.07) is 24.2. The van der Waals surface area contributed by atoms with Crippen LogP contribution in [0.1, 0.15) is 24.0 Å². The zero-order chi connectivity index (χ0) is 22.6. The van der Waals surface area contributed by atoms with Crippen LogP contribution in [0.5, 0.6) is 11.5 Å². The molecule has 7 heteroatoms. The summed E-state index contributed by atoms with van der Waals surface area (Å²) in [5, 5.41) is 6.72. The summed E-state index contributed by atoms with van der Waals surface area (Å²) >= 11 is 0. The van der Waals surface area contributed by atoms with Gasteiger partial charge in [-0.05, 0) is 42.0 Å². The van der Waals surface area contributed by atoms with Gasteiger partial charge in [0.05, 0.1) is 13.3 Å². The number of nitrogens with zero attached hydrogens (tertiary/aromatic N) is 1. The number of hydrogen-bond acceptors (Lipinski definition) is 5. The fourth-order valence-corrected chi connectivity index (χ4v) is 2.81. The van der Waals surface area contributed by atoms with Crippen molar-refractivity contribution in [1.29, 1.82) is 0 Å². The van der Waals surface area contributed by atoms with Crippen molar-refractivity contribution in [3.63, 3.8) is 0 Å². The van der Waals surface area contributed by atoms with Crippen molar-refractivity contribution in [2.45, 2.75) is 19.4 Å². The average Bonchev–Trinajstić information content (AvgIpc) is 2.83. The van der Waals surface area contributed by atoms with Crippen LogP contribution in [-0.4, -0.2) is 25.1 Å². The summed E-state index contributed by atoms with van der Waals surface area (Å²) in [6.45, 7) is 0.432. The van der Waals surface area contributed by atoms with Gasteiger partial charge < -0.3 is 14.8 Å². The van der Waals surface area contributed by atoms with Crippen LogP contribution in [0, 0.1) is 0 Å². The average molecular weight is 431 g/mol. The first-order valence-corrected chi connectivity index (χ1v) is 10.2. The van der Waals surface area contributed by atoms with Crippen molar-refractivity contribution in [2.75, 3.05) is 12.4 Å². The Bertz CT molecular complexity index is 1050. The maximum Gasteiger partial charge on any atom is 0.240 e. The summed E-state index contributed by atoms with van der Waals surface area (Å²) in [5.74, 6) is 0.753. The third-order valence-corrected chi connectivity index (χ3v) is 4.50. The number of anilines is 1. The lowest BCUT2D eigenvalue weighted by atomic mass is 10.2. The van der Waals surface area contributed by atoms with E-state index in [4.69, 9.17) is 9.47 Å². The highest BCUT2D eigenvalue weighted by molar-refractivity contribution is 5.93. The van der Waals surface area contributed by atoms with Crippen molar-refractivity contribution < 1.29 is 19.1 Å². The molecule has 0 saturated heterocycles. The van der Waals surface area contributed by atoms with Crippen LogP contribution in [0.15, 0.2) is 84.0 Å². The first kappa shape index (κ1) is 22.6. The summed E-state index contributed by atoms with van der Waals surface area (Å²) < 4.78 is 10.9. The number of hydrogen-bond donors (Lipinski definition) is 2. The van der Waals surface area contributed by atoms with Crippen molar-refractivity contribution in [1.82, 2.24) is 5.43 Å². The molecule has 2 N–H and O–H groups in total.